The summed E-state index contributed by atoms with van der Waals surface area (Å²) in [4.78, 5) is 11.4. The number of piperidine rings is 1. The lowest BCUT2D eigenvalue weighted by Crippen LogP contribution is -2.42. The molecule has 1 aromatic rings. The third-order valence-corrected chi connectivity index (χ3v) is 4.54. The van der Waals surface area contributed by atoms with Gasteiger partial charge in [-0.1, -0.05) is 25.4 Å². The first-order chi connectivity index (χ1) is 9.38. The molecule has 1 N–H and O–H groups in total. The molecule has 1 aromatic heterocycles. The van der Waals surface area contributed by atoms with Crippen LogP contribution in [0.1, 0.15) is 50.9 Å². The molecule has 2 atom stereocenters. The maximum Gasteiger partial charge on any atom is 0.137 e. The minimum atomic E-state index is 0.282. The summed E-state index contributed by atoms with van der Waals surface area (Å²) in [6.07, 6.45) is 2.27. The fraction of sp³-hybridized carbons (Fsp3) is 0.733. The summed E-state index contributed by atoms with van der Waals surface area (Å²) in [6.45, 7) is 9.54. The van der Waals surface area contributed by atoms with Crippen molar-refractivity contribution < 1.29 is 0 Å². The number of nitrogens with one attached hydrogen (secondary N) is 1. The van der Waals surface area contributed by atoms with Gasteiger partial charge in [-0.3, -0.25) is 0 Å². The Hall–Kier alpha value is -0.870. The van der Waals surface area contributed by atoms with Crippen molar-refractivity contribution in [1.29, 1.82) is 0 Å². The first-order valence-electron chi connectivity index (χ1n) is 7.39. The SMILES string of the molecule is Cc1c(Cl)nc(C(C)C)nc1NC1CCN(C)C(C)C1. The van der Waals surface area contributed by atoms with Gasteiger partial charge in [0.1, 0.15) is 16.8 Å². The number of hydrogen-bond acceptors (Lipinski definition) is 4. The van der Waals surface area contributed by atoms with E-state index < -0.39 is 0 Å². The normalized spacial score (nSPS) is 24.1. The summed E-state index contributed by atoms with van der Waals surface area (Å²) in [7, 11) is 2.19. The molecule has 0 aliphatic carbocycles. The molecule has 1 aliphatic rings. The zero-order valence-electron chi connectivity index (χ0n) is 13.1. The van der Waals surface area contributed by atoms with Gasteiger partial charge in [-0.05, 0) is 33.7 Å². The average molecular weight is 297 g/mol. The zero-order valence-corrected chi connectivity index (χ0v) is 13.8. The summed E-state index contributed by atoms with van der Waals surface area (Å²) >= 11 is 6.23. The molecule has 20 heavy (non-hydrogen) atoms. The summed E-state index contributed by atoms with van der Waals surface area (Å²) in [5.74, 6) is 1.99. The molecule has 0 aromatic carbocycles. The molecule has 2 heterocycles. The molecule has 4 nitrogen and oxygen atoms in total. The smallest absolute Gasteiger partial charge is 0.137 e. The number of aromatic nitrogens is 2. The maximum absolute atomic E-state index is 6.23. The number of hydrogen-bond donors (Lipinski definition) is 1. The van der Waals surface area contributed by atoms with Gasteiger partial charge in [0, 0.05) is 30.1 Å². The van der Waals surface area contributed by atoms with E-state index in [0.29, 0.717) is 17.2 Å². The second kappa shape index (κ2) is 6.27. The van der Waals surface area contributed by atoms with Crippen LogP contribution in [0.5, 0.6) is 0 Å². The van der Waals surface area contributed by atoms with Crippen LogP contribution < -0.4 is 5.32 Å². The monoisotopic (exact) mass is 296 g/mol. The highest BCUT2D eigenvalue weighted by molar-refractivity contribution is 6.30. The van der Waals surface area contributed by atoms with Crippen molar-refractivity contribution in [3.8, 4) is 0 Å². The van der Waals surface area contributed by atoms with Gasteiger partial charge in [0.2, 0.25) is 0 Å². The minimum Gasteiger partial charge on any atom is -0.367 e. The lowest BCUT2D eigenvalue weighted by Gasteiger charge is -2.35. The van der Waals surface area contributed by atoms with Crippen molar-refractivity contribution in [3.63, 3.8) is 0 Å². The number of halogens is 1. The molecule has 2 rings (SSSR count). The number of likely N-dealkylation sites (tertiary alicyclic amines) is 1. The van der Waals surface area contributed by atoms with Crippen molar-refractivity contribution >= 4 is 17.4 Å². The van der Waals surface area contributed by atoms with E-state index in [0.717, 1.165) is 36.6 Å². The first kappa shape index (κ1) is 15.5. The highest BCUT2D eigenvalue weighted by Crippen LogP contribution is 2.26. The molecular formula is C15H25ClN4. The highest BCUT2D eigenvalue weighted by Gasteiger charge is 2.24. The summed E-state index contributed by atoms with van der Waals surface area (Å²) in [5, 5.41) is 4.14. The lowest BCUT2D eigenvalue weighted by atomic mass is 9.99. The lowest BCUT2D eigenvalue weighted by molar-refractivity contribution is 0.190. The molecule has 0 bridgehead atoms. The van der Waals surface area contributed by atoms with Crippen LogP contribution in [0.3, 0.4) is 0 Å². The quantitative estimate of drug-likeness (QED) is 0.867. The average Bonchev–Trinajstić information content (AvgIpc) is 2.38. The van der Waals surface area contributed by atoms with Gasteiger partial charge in [0.25, 0.3) is 0 Å². The molecule has 112 valence electrons. The Bertz CT molecular complexity index is 475. The molecule has 1 saturated heterocycles. The minimum absolute atomic E-state index is 0.282. The van der Waals surface area contributed by atoms with Crippen LogP contribution in [0, 0.1) is 6.92 Å². The van der Waals surface area contributed by atoms with Gasteiger partial charge in [-0.25, -0.2) is 9.97 Å². The molecule has 0 saturated carbocycles. The van der Waals surface area contributed by atoms with E-state index in [1.165, 1.54) is 0 Å². The largest absolute Gasteiger partial charge is 0.367 e. The number of rotatable bonds is 3. The molecule has 1 aliphatic heterocycles. The van der Waals surface area contributed by atoms with Crippen molar-refractivity contribution in [2.45, 2.75) is 58.5 Å². The fourth-order valence-corrected chi connectivity index (χ4v) is 2.69. The predicted octanol–water partition coefficient (Wildman–Crippen LogP) is 3.46. The zero-order chi connectivity index (χ0) is 14.9. The van der Waals surface area contributed by atoms with Crippen molar-refractivity contribution in [3.05, 3.63) is 16.5 Å². The van der Waals surface area contributed by atoms with E-state index in [4.69, 9.17) is 11.6 Å². The summed E-state index contributed by atoms with van der Waals surface area (Å²) in [6, 6.07) is 1.06. The van der Waals surface area contributed by atoms with E-state index in [2.05, 4.69) is 48.0 Å². The molecule has 0 radical (unpaired) electrons. The molecule has 2 unspecified atom stereocenters. The molecule has 0 spiro atoms. The Morgan fingerprint density at radius 2 is 2.05 bits per heavy atom. The summed E-state index contributed by atoms with van der Waals surface area (Å²) in [5.41, 5.74) is 0.947. The third kappa shape index (κ3) is 3.41. The van der Waals surface area contributed by atoms with Gasteiger partial charge in [-0.2, -0.15) is 0 Å². The van der Waals surface area contributed by atoms with Crippen LogP contribution in [0.25, 0.3) is 0 Å². The van der Waals surface area contributed by atoms with Crippen LogP contribution in [0.4, 0.5) is 5.82 Å². The molecule has 0 amide bonds. The number of nitrogens with zero attached hydrogens (tertiary/aromatic N) is 3. The van der Waals surface area contributed by atoms with Gasteiger partial charge >= 0.3 is 0 Å². The van der Waals surface area contributed by atoms with E-state index in [9.17, 15) is 0 Å². The van der Waals surface area contributed by atoms with Gasteiger partial charge in [0.05, 0.1) is 0 Å². The third-order valence-electron chi connectivity index (χ3n) is 4.17. The van der Waals surface area contributed by atoms with Crippen molar-refractivity contribution in [1.82, 2.24) is 14.9 Å². The Balaban J connectivity index is 2.16. The predicted molar refractivity (Wildman–Crippen MR) is 84.6 cm³/mol. The van der Waals surface area contributed by atoms with Gasteiger partial charge < -0.3 is 10.2 Å². The van der Waals surface area contributed by atoms with Gasteiger partial charge in [0.15, 0.2) is 0 Å². The first-order valence-corrected chi connectivity index (χ1v) is 7.77. The molecular weight excluding hydrogens is 272 g/mol. The van der Waals surface area contributed by atoms with E-state index in [1.54, 1.807) is 0 Å². The van der Waals surface area contributed by atoms with Crippen LogP contribution in [-0.2, 0) is 0 Å². The van der Waals surface area contributed by atoms with Crippen LogP contribution in [0.15, 0.2) is 0 Å². The Morgan fingerprint density at radius 3 is 2.65 bits per heavy atom. The second-order valence-electron chi connectivity index (χ2n) is 6.20. The molecule has 5 heteroatoms. The highest BCUT2D eigenvalue weighted by atomic mass is 35.5. The second-order valence-corrected chi connectivity index (χ2v) is 6.55. The summed E-state index contributed by atoms with van der Waals surface area (Å²) < 4.78 is 0. The topological polar surface area (TPSA) is 41.1 Å². The Labute approximate surface area is 126 Å². The number of anilines is 1. The fourth-order valence-electron chi connectivity index (χ4n) is 2.52. The van der Waals surface area contributed by atoms with Crippen LogP contribution in [-0.4, -0.2) is 40.5 Å². The van der Waals surface area contributed by atoms with Crippen LogP contribution >= 0.6 is 11.6 Å². The van der Waals surface area contributed by atoms with E-state index in [-0.39, 0.29) is 5.92 Å². The van der Waals surface area contributed by atoms with E-state index in [1.807, 2.05) is 6.92 Å². The van der Waals surface area contributed by atoms with Gasteiger partial charge in [-0.15, -0.1) is 0 Å². The molecule has 1 fully saturated rings. The van der Waals surface area contributed by atoms with Crippen molar-refractivity contribution in [2.75, 3.05) is 18.9 Å². The Morgan fingerprint density at radius 1 is 1.35 bits per heavy atom. The maximum atomic E-state index is 6.23. The van der Waals surface area contributed by atoms with Crippen LogP contribution in [0.2, 0.25) is 5.15 Å². The standard InChI is InChI=1S/C15H25ClN4/c1-9(2)14-18-13(16)11(4)15(19-14)17-12-6-7-20(5)10(3)8-12/h9-10,12H,6-8H2,1-5H3,(H,17,18,19). The van der Waals surface area contributed by atoms with E-state index >= 15 is 0 Å². The Kier molecular flexibility index (Phi) is 4.86. The van der Waals surface area contributed by atoms with Crippen molar-refractivity contribution in [2.24, 2.45) is 0 Å².